The van der Waals surface area contributed by atoms with Crippen molar-refractivity contribution in [2.45, 2.75) is 50.7 Å². The lowest BCUT2D eigenvalue weighted by atomic mass is 10.1. The summed E-state index contributed by atoms with van der Waals surface area (Å²) in [5.41, 5.74) is 6.72. The van der Waals surface area contributed by atoms with Gasteiger partial charge in [0.05, 0.1) is 12.2 Å². The molecule has 0 spiro atoms. The quantitative estimate of drug-likeness (QED) is 0.416. The number of ether oxygens (including phenoxy) is 1. The van der Waals surface area contributed by atoms with Crippen molar-refractivity contribution in [3.63, 3.8) is 0 Å². The molecule has 134 valence electrons. The Morgan fingerprint density at radius 1 is 1.36 bits per heavy atom. The minimum absolute atomic E-state index is 0.0621. The first-order valence-electron chi connectivity index (χ1n) is 8.13. The van der Waals surface area contributed by atoms with Gasteiger partial charge in [-0.2, -0.15) is 0 Å². The van der Waals surface area contributed by atoms with E-state index in [1.165, 1.54) is 10.9 Å². The van der Waals surface area contributed by atoms with Crippen LogP contribution in [0.25, 0.3) is 11.2 Å². The molecule has 3 heterocycles. The number of hydrogen-bond donors (Lipinski definition) is 3. The Morgan fingerprint density at radius 2 is 2.16 bits per heavy atom. The van der Waals surface area contributed by atoms with E-state index in [9.17, 15) is 10.2 Å². The van der Waals surface area contributed by atoms with Crippen LogP contribution in [0.3, 0.4) is 0 Å². The van der Waals surface area contributed by atoms with Gasteiger partial charge >= 0.3 is 0 Å². The van der Waals surface area contributed by atoms with Gasteiger partial charge in [0.1, 0.15) is 23.8 Å². The van der Waals surface area contributed by atoms with Gasteiger partial charge in [0.15, 0.2) is 17.7 Å². The zero-order valence-corrected chi connectivity index (χ0v) is 14.5. The van der Waals surface area contributed by atoms with Gasteiger partial charge in [-0.1, -0.05) is 19.3 Å². The molecule has 4 atom stereocenters. The molecule has 8 nitrogen and oxygen atoms in total. The molecule has 0 aromatic carbocycles. The molecule has 2 aromatic rings. The molecule has 3 rings (SSSR count). The van der Waals surface area contributed by atoms with Gasteiger partial charge < -0.3 is 20.7 Å². The Balaban J connectivity index is 1.97. The van der Waals surface area contributed by atoms with Crippen LogP contribution < -0.4 is 5.73 Å². The molecular weight excluding hydrogens is 346 g/mol. The van der Waals surface area contributed by atoms with Gasteiger partial charge in [-0.15, -0.1) is 11.6 Å². The van der Waals surface area contributed by atoms with Crippen LogP contribution in [0, 0.1) is 11.8 Å². The van der Waals surface area contributed by atoms with Gasteiger partial charge in [0, 0.05) is 6.42 Å². The Morgan fingerprint density at radius 3 is 2.84 bits per heavy atom. The summed E-state index contributed by atoms with van der Waals surface area (Å²) in [6.45, 7) is 2.09. The summed E-state index contributed by atoms with van der Waals surface area (Å²) >= 11 is 5.76. The molecule has 25 heavy (non-hydrogen) atoms. The molecule has 1 fully saturated rings. The maximum atomic E-state index is 10.2. The smallest absolute Gasteiger partial charge is 0.208 e. The number of hydrogen-bond acceptors (Lipinski definition) is 7. The molecule has 0 bridgehead atoms. The maximum absolute atomic E-state index is 10.2. The predicted octanol–water partition coefficient (Wildman–Crippen LogP) is 0.808. The van der Waals surface area contributed by atoms with Crippen molar-refractivity contribution < 1.29 is 14.9 Å². The second kappa shape index (κ2) is 7.54. The number of nitrogens with two attached hydrogens (primary N) is 1. The summed E-state index contributed by atoms with van der Waals surface area (Å²) in [6, 6.07) is 0. The van der Waals surface area contributed by atoms with Crippen molar-refractivity contribution in [3.05, 3.63) is 12.2 Å². The topological polar surface area (TPSA) is 119 Å². The molecule has 4 N–H and O–H groups in total. The molecule has 2 aromatic heterocycles. The zero-order valence-electron chi connectivity index (χ0n) is 13.8. The number of halogens is 1. The summed E-state index contributed by atoms with van der Waals surface area (Å²) in [4.78, 5) is 12.7. The van der Waals surface area contributed by atoms with Crippen LogP contribution in [0.1, 0.15) is 38.2 Å². The Labute approximate surface area is 150 Å². The van der Waals surface area contributed by atoms with Crippen LogP contribution in [0.4, 0.5) is 5.82 Å². The number of aromatic nitrogens is 4. The summed E-state index contributed by atoms with van der Waals surface area (Å²) in [5.74, 6) is 6.45. The summed E-state index contributed by atoms with van der Waals surface area (Å²) in [6.07, 6.45) is 0.480. The van der Waals surface area contributed by atoms with Crippen LogP contribution in [-0.2, 0) is 4.74 Å². The van der Waals surface area contributed by atoms with E-state index < -0.39 is 24.5 Å². The van der Waals surface area contributed by atoms with E-state index in [-0.39, 0.29) is 17.5 Å². The fourth-order valence-electron chi connectivity index (χ4n) is 2.67. The van der Waals surface area contributed by atoms with E-state index in [0.717, 1.165) is 19.3 Å². The number of aliphatic hydroxyl groups is 2. The normalized spacial score (nSPS) is 25.9. The highest BCUT2D eigenvalue weighted by Gasteiger charge is 2.43. The van der Waals surface area contributed by atoms with Crippen molar-refractivity contribution in [1.29, 1.82) is 0 Å². The van der Waals surface area contributed by atoms with Gasteiger partial charge in [-0.3, -0.25) is 4.57 Å². The SMILES string of the molecule is CCCCC#Cc1nc(N)c2ncn(C3OC(CCl)C(O)C3O)c2n1. The lowest BCUT2D eigenvalue weighted by Gasteiger charge is -2.16. The van der Waals surface area contributed by atoms with Gasteiger partial charge in [0.25, 0.3) is 0 Å². The first kappa shape index (κ1) is 17.9. The highest BCUT2D eigenvalue weighted by molar-refractivity contribution is 6.18. The highest BCUT2D eigenvalue weighted by atomic mass is 35.5. The predicted molar refractivity (Wildman–Crippen MR) is 92.8 cm³/mol. The largest absolute Gasteiger partial charge is 0.387 e. The fourth-order valence-corrected chi connectivity index (χ4v) is 2.93. The maximum Gasteiger partial charge on any atom is 0.208 e. The minimum atomic E-state index is -1.16. The van der Waals surface area contributed by atoms with Gasteiger partial charge in [0.2, 0.25) is 5.82 Å². The molecule has 0 radical (unpaired) electrons. The average molecular weight is 366 g/mol. The summed E-state index contributed by atoms with van der Waals surface area (Å²) in [7, 11) is 0. The lowest BCUT2D eigenvalue weighted by molar-refractivity contribution is -0.0291. The third-order valence-electron chi connectivity index (χ3n) is 4.07. The zero-order chi connectivity index (χ0) is 18.0. The number of unbranched alkanes of at least 4 members (excludes halogenated alkanes) is 2. The van der Waals surface area contributed by atoms with E-state index in [2.05, 4.69) is 33.7 Å². The number of nitrogens with zero attached hydrogens (tertiary/aromatic N) is 4. The van der Waals surface area contributed by atoms with Crippen LogP contribution in [0.2, 0.25) is 0 Å². The first-order valence-corrected chi connectivity index (χ1v) is 8.66. The number of rotatable bonds is 4. The molecule has 0 amide bonds. The monoisotopic (exact) mass is 365 g/mol. The molecule has 0 aliphatic carbocycles. The van der Waals surface area contributed by atoms with Gasteiger partial charge in [-0.05, 0) is 12.3 Å². The number of imidazole rings is 1. The van der Waals surface area contributed by atoms with E-state index in [1.807, 2.05) is 0 Å². The number of nitrogen functional groups attached to an aromatic ring is 1. The van der Waals surface area contributed by atoms with Crippen molar-refractivity contribution >= 4 is 28.6 Å². The van der Waals surface area contributed by atoms with Crippen LogP contribution in [0.5, 0.6) is 0 Å². The number of alkyl halides is 1. The van der Waals surface area contributed by atoms with E-state index in [4.69, 9.17) is 22.1 Å². The molecule has 1 aliphatic heterocycles. The van der Waals surface area contributed by atoms with Crippen molar-refractivity contribution in [1.82, 2.24) is 19.5 Å². The molecule has 0 saturated carbocycles. The average Bonchev–Trinajstić information content (AvgIpc) is 3.14. The van der Waals surface area contributed by atoms with E-state index in [1.54, 1.807) is 0 Å². The number of fused-ring (bicyclic) bond motifs is 1. The Hall–Kier alpha value is -1.92. The Kier molecular flexibility index (Phi) is 5.39. The summed E-state index contributed by atoms with van der Waals surface area (Å²) in [5, 5.41) is 20.2. The van der Waals surface area contributed by atoms with Crippen LogP contribution in [-0.4, -0.2) is 53.9 Å². The second-order valence-corrected chi connectivity index (χ2v) is 6.17. The van der Waals surface area contributed by atoms with Crippen molar-refractivity contribution in [2.75, 3.05) is 11.6 Å². The Bertz CT molecular complexity index is 815. The minimum Gasteiger partial charge on any atom is -0.387 e. The third kappa shape index (κ3) is 3.41. The van der Waals surface area contributed by atoms with Gasteiger partial charge in [-0.25, -0.2) is 15.0 Å². The fraction of sp³-hybridized carbons (Fsp3) is 0.562. The van der Waals surface area contributed by atoms with Crippen molar-refractivity contribution in [2.24, 2.45) is 0 Å². The second-order valence-electron chi connectivity index (χ2n) is 5.86. The van der Waals surface area contributed by atoms with E-state index >= 15 is 0 Å². The van der Waals surface area contributed by atoms with Crippen molar-refractivity contribution in [3.8, 4) is 11.8 Å². The lowest BCUT2D eigenvalue weighted by Crippen LogP contribution is -2.32. The number of anilines is 1. The first-order chi connectivity index (χ1) is 12.1. The molecule has 9 heteroatoms. The van der Waals surface area contributed by atoms with E-state index in [0.29, 0.717) is 11.2 Å². The number of aliphatic hydroxyl groups excluding tert-OH is 2. The third-order valence-corrected chi connectivity index (χ3v) is 4.37. The molecule has 1 aliphatic rings. The molecule has 1 saturated heterocycles. The molecular formula is C16H20ClN5O3. The van der Waals surface area contributed by atoms with Crippen LogP contribution >= 0.6 is 11.6 Å². The summed E-state index contributed by atoms with van der Waals surface area (Å²) < 4.78 is 7.15. The van der Waals surface area contributed by atoms with Crippen LogP contribution in [0.15, 0.2) is 6.33 Å². The highest BCUT2D eigenvalue weighted by Crippen LogP contribution is 2.32. The molecule has 4 unspecified atom stereocenters. The standard InChI is InChI=1S/C16H20ClN5O3/c1-2-3-4-5-6-10-20-14(18)11-15(21-10)22(8-19-11)16-13(24)12(23)9(7-17)25-16/h8-9,12-13,16,23-24H,2-4,7H2,1H3,(H2,18,20,21).